The van der Waals surface area contributed by atoms with Crippen LogP contribution < -0.4 is 0 Å². The zero-order valence-corrected chi connectivity index (χ0v) is 13.1. The smallest absolute Gasteiger partial charge is 0.265 e. The summed E-state index contributed by atoms with van der Waals surface area (Å²) in [5.41, 5.74) is 2.48. The highest BCUT2D eigenvalue weighted by Crippen LogP contribution is 2.36. The number of halogens is 1. The van der Waals surface area contributed by atoms with E-state index in [0.717, 1.165) is 32.1 Å². The molecule has 1 fully saturated rings. The molecule has 1 amide bonds. The lowest BCUT2D eigenvalue weighted by atomic mass is 9.92. The van der Waals surface area contributed by atoms with Gasteiger partial charge in [0, 0.05) is 17.8 Å². The Kier molecular flexibility index (Phi) is 3.27. The lowest BCUT2D eigenvalue weighted by Crippen LogP contribution is -2.44. The van der Waals surface area contributed by atoms with Crippen molar-refractivity contribution in [2.75, 3.05) is 0 Å². The molecule has 2 heterocycles. The molecule has 1 unspecified atom stereocenters. The first-order valence-electron chi connectivity index (χ1n) is 7.31. The van der Waals surface area contributed by atoms with Crippen LogP contribution in [0.25, 0.3) is 0 Å². The number of hydrogen-bond acceptors (Lipinski definition) is 3. The average molecular weight is 322 g/mol. The Bertz CT molecular complexity index is 676. The molecule has 21 heavy (non-hydrogen) atoms. The van der Waals surface area contributed by atoms with Gasteiger partial charge in [0.15, 0.2) is 0 Å². The molecule has 0 radical (unpaired) electrons. The van der Waals surface area contributed by atoms with E-state index < -0.39 is 0 Å². The molecule has 0 saturated heterocycles. The van der Waals surface area contributed by atoms with Crippen molar-refractivity contribution in [1.82, 2.24) is 15.1 Å². The molecule has 0 spiro atoms. The number of thiophene rings is 1. The van der Waals surface area contributed by atoms with Gasteiger partial charge in [-0.1, -0.05) is 11.6 Å². The van der Waals surface area contributed by atoms with Crippen LogP contribution in [0, 0.1) is 0 Å². The van der Waals surface area contributed by atoms with Gasteiger partial charge in [-0.25, -0.2) is 0 Å². The first kappa shape index (κ1) is 13.3. The van der Waals surface area contributed by atoms with E-state index in [4.69, 9.17) is 11.6 Å². The molecular formula is C15H16ClN3OS. The molecule has 0 aromatic carbocycles. The van der Waals surface area contributed by atoms with Gasteiger partial charge in [0.05, 0.1) is 11.2 Å². The van der Waals surface area contributed by atoms with Gasteiger partial charge in [-0.05, 0) is 49.1 Å². The van der Waals surface area contributed by atoms with E-state index in [0.29, 0.717) is 15.9 Å². The van der Waals surface area contributed by atoms with E-state index >= 15 is 0 Å². The van der Waals surface area contributed by atoms with Gasteiger partial charge >= 0.3 is 0 Å². The van der Waals surface area contributed by atoms with Crippen molar-refractivity contribution in [3.05, 3.63) is 38.8 Å². The largest absolute Gasteiger partial charge is 0.332 e. The minimum Gasteiger partial charge on any atom is -0.332 e. The van der Waals surface area contributed by atoms with Crippen molar-refractivity contribution in [2.45, 2.75) is 44.2 Å². The number of aromatic nitrogens is 2. The van der Waals surface area contributed by atoms with Gasteiger partial charge in [0.1, 0.15) is 4.88 Å². The van der Waals surface area contributed by atoms with Crippen LogP contribution >= 0.6 is 22.9 Å². The molecule has 1 atom stereocenters. The summed E-state index contributed by atoms with van der Waals surface area (Å²) in [6.45, 7) is 0. The third-order valence-corrected chi connectivity index (χ3v) is 5.70. The fraction of sp³-hybridized carbons (Fsp3) is 0.467. The van der Waals surface area contributed by atoms with Gasteiger partial charge < -0.3 is 4.90 Å². The number of aromatic amines is 1. The number of H-pyrrole nitrogens is 1. The fourth-order valence-electron chi connectivity index (χ4n) is 3.18. The van der Waals surface area contributed by atoms with Crippen LogP contribution in [-0.4, -0.2) is 33.1 Å². The quantitative estimate of drug-likeness (QED) is 0.943. The Morgan fingerprint density at radius 3 is 2.95 bits per heavy atom. The van der Waals surface area contributed by atoms with Crippen LogP contribution in [0.1, 0.15) is 40.2 Å². The SMILES string of the molecule is O=C(c1sccc1Cl)N(C1CC1)C1CCc2[nH]ncc2C1. The third-order valence-electron chi connectivity index (χ3n) is 4.37. The van der Waals surface area contributed by atoms with Crippen LogP contribution in [-0.2, 0) is 12.8 Å². The van der Waals surface area contributed by atoms with Crippen LogP contribution in [0.3, 0.4) is 0 Å². The highest BCUT2D eigenvalue weighted by atomic mass is 35.5. The maximum atomic E-state index is 12.9. The molecule has 2 aliphatic rings. The second kappa shape index (κ2) is 5.14. The Labute approximate surface area is 132 Å². The molecule has 2 aromatic rings. The molecule has 2 aromatic heterocycles. The van der Waals surface area contributed by atoms with E-state index in [1.165, 1.54) is 22.6 Å². The average Bonchev–Trinajstić information content (AvgIpc) is 3.03. The van der Waals surface area contributed by atoms with E-state index in [-0.39, 0.29) is 11.9 Å². The number of aryl methyl sites for hydroxylation is 1. The standard InChI is InChI=1S/C15H16ClN3OS/c16-12-5-6-21-14(12)15(20)19(10-1-2-10)11-3-4-13-9(7-11)8-17-18-13/h5-6,8,10-11H,1-4,7H2,(H,17,18). The third kappa shape index (κ3) is 2.38. The lowest BCUT2D eigenvalue weighted by Gasteiger charge is -2.34. The summed E-state index contributed by atoms with van der Waals surface area (Å²) < 4.78 is 0. The topological polar surface area (TPSA) is 49.0 Å². The van der Waals surface area contributed by atoms with E-state index in [1.54, 1.807) is 6.07 Å². The first-order chi connectivity index (χ1) is 10.2. The van der Waals surface area contributed by atoms with Crippen molar-refractivity contribution in [3.8, 4) is 0 Å². The molecule has 0 aliphatic heterocycles. The molecule has 1 saturated carbocycles. The lowest BCUT2D eigenvalue weighted by molar-refractivity contribution is 0.0648. The van der Waals surface area contributed by atoms with E-state index in [1.807, 2.05) is 11.6 Å². The Morgan fingerprint density at radius 2 is 2.24 bits per heavy atom. The Morgan fingerprint density at radius 1 is 1.38 bits per heavy atom. The second-order valence-electron chi connectivity index (χ2n) is 5.81. The summed E-state index contributed by atoms with van der Waals surface area (Å²) in [5, 5.41) is 9.64. The Hall–Kier alpha value is -1.33. The predicted molar refractivity (Wildman–Crippen MR) is 82.9 cm³/mol. The zero-order valence-electron chi connectivity index (χ0n) is 11.5. The summed E-state index contributed by atoms with van der Waals surface area (Å²) in [7, 11) is 0. The second-order valence-corrected chi connectivity index (χ2v) is 7.13. The van der Waals surface area contributed by atoms with E-state index in [2.05, 4.69) is 15.1 Å². The highest BCUT2D eigenvalue weighted by molar-refractivity contribution is 7.12. The number of carbonyl (C=O) groups excluding carboxylic acids is 1. The van der Waals surface area contributed by atoms with Crippen LogP contribution in [0.5, 0.6) is 0 Å². The molecule has 2 aliphatic carbocycles. The summed E-state index contributed by atoms with van der Waals surface area (Å²) in [6, 6.07) is 2.47. The number of fused-ring (bicyclic) bond motifs is 1. The maximum Gasteiger partial charge on any atom is 0.265 e. The number of carbonyl (C=O) groups is 1. The summed E-state index contributed by atoms with van der Waals surface area (Å²) in [4.78, 5) is 15.7. The molecule has 110 valence electrons. The van der Waals surface area contributed by atoms with Crippen molar-refractivity contribution in [3.63, 3.8) is 0 Å². The van der Waals surface area contributed by atoms with Gasteiger partial charge in [-0.2, -0.15) is 5.10 Å². The van der Waals surface area contributed by atoms with Gasteiger partial charge in [-0.3, -0.25) is 9.89 Å². The number of nitrogens with zero attached hydrogens (tertiary/aromatic N) is 2. The zero-order chi connectivity index (χ0) is 14.4. The molecule has 6 heteroatoms. The fourth-order valence-corrected chi connectivity index (χ4v) is 4.26. The number of nitrogens with one attached hydrogen (secondary N) is 1. The highest BCUT2D eigenvalue weighted by Gasteiger charge is 2.40. The molecule has 4 nitrogen and oxygen atoms in total. The predicted octanol–water partition coefficient (Wildman–Crippen LogP) is 3.29. The first-order valence-corrected chi connectivity index (χ1v) is 8.56. The molecule has 4 rings (SSSR count). The Balaban J connectivity index is 1.61. The van der Waals surface area contributed by atoms with Crippen molar-refractivity contribution in [2.24, 2.45) is 0 Å². The van der Waals surface area contributed by atoms with Crippen LogP contribution in [0.4, 0.5) is 0 Å². The molecular weight excluding hydrogens is 306 g/mol. The maximum absolute atomic E-state index is 12.9. The van der Waals surface area contributed by atoms with Gasteiger partial charge in [0.2, 0.25) is 0 Å². The number of amides is 1. The summed E-state index contributed by atoms with van der Waals surface area (Å²) in [6.07, 6.45) is 6.99. The van der Waals surface area contributed by atoms with Crippen molar-refractivity contribution < 1.29 is 4.79 Å². The summed E-state index contributed by atoms with van der Waals surface area (Å²) in [5.74, 6) is 0.106. The number of hydrogen-bond donors (Lipinski definition) is 1. The number of rotatable bonds is 3. The van der Waals surface area contributed by atoms with Crippen LogP contribution in [0.15, 0.2) is 17.6 Å². The minimum atomic E-state index is 0.106. The minimum absolute atomic E-state index is 0.106. The van der Waals surface area contributed by atoms with E-state index in [9.17, 15) is 4.79 Å². The van der Waals surface area contributed by atoms with Crippen molar-refractivity contribution >= 4 is 28.8 Å². The van der Waals surface area contributed by atoms with Gasteiger partial charge in [0.25, 0.3) is 5.91 Å². The molecule has 1 N–H and O–H groups in total. The van der Waals surface area contributed by atoms with Gasteiger partial charge in [-0.15, -0.1) is 11.3 Å². The summed E-state index contributed by atoms with van der Waals surface area (Å²) >= 11 is 7.60. The monoisotopic (exact) mass is 321 g/mol. The van der Waals surface area contributed by atoms with Crippen molar-refractivity contribution in [1.29, 1.82) is 0 Å². The normalized spacial score (nSPS) is 21.1. The van der Waals surface area contributed by atoms with Crippen LogP contribution in [0.2, 0.25) is 5.02 Å². The molecule has 0 bridgehead atoms.